The summed E-state index contributed by atoms with van der Waals surface area (Å²) in [6.45, 7) is 4.17. The molecule has 1 saturated heterocycles. The number of hydrogen-bond acceptors (Lipinski definition) is 4. The van der Waals surface area contributed by atoms with Crippen molar-refractivity contribution >= 4 is 5.84 Å². The van der Waals surface area contributed by atoms with Crippen LogP contribution in [0.15, 0.2) is 29.5 Å². The molecule has 18 heavy (non-hydrogen) atoms. The zero-order valence-corrected chi connectivity index (χ0v) is 10.9. The fourth-order valence-electron chi connectivity index (χ4n) is 2.24. The van der Waals surface area contributed by atoms with Crippen LogP contribution in [-0.2, 0) is 0 Å². The second-order valence-corrected chi connectivity index (χ2v) is 4.92. The maximum Gasteiger partial charge on any atom is 0.122 e. The van der Waals surface area contributed by atoms with Crippen LogP contribution in [0.3, 0.4) is 0 Å². The quantitative estimate of drug-likeness (QED) is 0.328. The van der Waals surface area contributed by atoms with Gasteiger partial charge in [0.25, 0.3) is 0 Å². The van der Waals surface area contributed by atoms with Gasteiger partial charge in [-0.1, -0.05) is 12.2 Å². The van der Waals surface area contributed by atoms with E-state index in [0.29, 0.717) is 5.92 Å². The van der Waals surface area contributed by atoms with Crippen LogP contribution in [0.2, 0.25) is 0 Å². The van der Waals surface area contributed by atoms with Gasteiger partial charge < -0.3 is 21.8 Å². The van der Waals surface area contributed by atoms with Gasteiger partial charge in [-0.15, -0.1) is 0 Å². The summed E-state index contributed by atoms with van der Waals surface area (Å²) in [5, 5.41) is 10.9. The number of nitrogens with one attached hydrogen (secondary N) is 3. The van der Waals surface area contributed by atoms with Crippen LogP contribution >= 0.6 is 0 Å². The number of nitrogens with two attached hydrogens (primary N) is 1. The van der Waals surface area contributed by atoms with E-state index in [0.717, 1.165) is 31.8 Å². The van der Waals surface area contributed by atoms with Crippen LogP contribution in [0.5, 0.6) is 0 Å². The molecule has 2 aliphatic heterocycles. The molecule has 0 aliphatic carbocycles. The first-order valence-corrected chi connectivity index (χ1v) is 6.66. The molecule has 0 amide bonds. The molecule has 0 aromatic rings. The Bertz CT molecular complexity index is 341. The normalized spacial score (nSPS) is 26.7. The van der Waals surface area contributed by atoms with E-state index in [1.807, 2.05) is 18.4 Å². The molecule has 100 valence electrons. The second kappa shape index (κ2) is 6.44. The van der Waals surface area contributed by atoms with Gasteiger partial charge in [-0.2, -0.15) is 5.10 Å². The third kappa shape index (κ3) is 3.50. The Labute approximate surface area is 109 Å². The Hall–Kier alpha value is -1.49. The average Bonchev–Trinajstić information content (AvgIpc) is 2.46. The highest BCUT2D eigenvalue weighted by Crippen LogP contribution is 2.11. The highest BCUT2D eigenvalue weighted by molar-refractivity contribution is 5.82. The van der Waals surface area contributed by atoms with E-state index in [9.17, 15) is 0 Å². The van der Waals surface area contributed by atoms with E-state index in [1.165, 1.54) is 0 Å². The number of amidine groups is 1. The van der Waals surface area contributed by atoms with Gasteiger partial charge in [0, 0.05) is 5.92 Å². The average molecular weight is 249 g/mol. The minimum absolute atomic E-state index is 0.214. The summed E-state index contributed by atoms with van der Waals surface area (Å²) in [4.78, 5) is 0. The molecule has 0 aromatic heterocycles. The van der Waals surface area contributed by atoms with Crippen molar-refractivity contribution in [3.05, 3.63) is 24.4 Å². The van der Waals surface area contributed by atoms with Crippen LogP contribution in [0.25, 0.3) is 0 Å². The second-order valence-electron chi connectivity index (χ2n) is 4.92. The van der Waals surface area contributed by atoms with Crippen molar-refractivity contribution in [2.45, 2.75) is 31.8 Å². The van der Waals surface area contributed by atoms with Crippen molar-refractivity contribution in [3.8, 4) is 0 Å². The third-order valence-corrected chi connectivity index (χ3v) is 3.51. The van der Waals surface area contributed by atoms with E-state index < -0.39 is 0 Å². The highest BCUT2D eigenvalue weighted by Gasteiger charge is 2.18. The van der Waals surface area contributed by atoms with Gasteiger partial charge >= 0.3 is 0 Å². The summed E-state index contributed by atoms with van der Waals surface area (Å²) < 4.78 is 0. The van der Waals surface area contributed by atoms with Crippen LogP contribution in [-0.4, -0.2) is 31.0 Å². The lowest BCUT2D eigenvalue weighted by molar-refractivity contribution is 0.443. The molecule has 2 unspecified atom stereocenters. The van der Waals surface area contributed by atoms with Crippen molar-refractivity contribution in [3.63, 3.8) is 0 Å². The fourth-order valence-corrected chi connectivity index (χ4v) is 2.24. The summed E-state index contributed by atoms with van der Waals surface area (Å²) in [5.41, 5.74) is 9.18. The predicted molar refractivity (Wildman–Crippen MR) is 75.0 cm³/mol. The topological polar surface area (TPSA) is 74.5 Å². The first-order valence-electron chi connectivity index (χ1n) is 6.66. The first-order chi connectivity index (χ1) is 8.77. The number of dihydropyridines is 1. The van der Waals surface area contributed by atoms with Gasteiger partial charge in [-0.3, -0.25) is 0 Å². The van der Waals surface area contributed by atoms with Crippen molar-refractivity contribution in [1.82, 2.24) is 16.1 Å². The van der Waals surface area contributed by atoms with Crippen molar-refractivity contribution in [2.75, 3.05) is 13.1 Å². The summed E-state index contributed by atoms with van der Waals surface area (Å²) in [6.07, 6.45) is 10.2. The maximum atomic E-state index is 6.03. The molecular formula is C13H23N5. The summed E-state index contributed by atoms with van der Waals surface area (Å²) in [5.74, 6) is 1.15. The van der Waals surface area contributed by atoms with E-state index >= 15 is 0 Å². The Morgan fingerprint density at radius 1 is 1.39 bits per heavy atom. The highest BCUT2D eigenvalue weighted by atomic mass is 15.3. The molecule has 5 N–H and O–H groups in total. The van der Waals surface area contributed by atoms with Crippen LogP contribution < -0.4 is 21.8 Å². The molecule has 2 rings (SSSR count). The molecule has 2 heterocycles. The molecular weight excluding hydrogens is 226 g/mol. The maximum absolute atomic E-state index is 6.03. The lowest BCUT2D eigenvalue weighted by atomic mass is 9.97. The van der Waals surface area contributed by atoms with E-state index in [-0.39, 0.29) is 12.1 Å². The molecule has 1 fully saturated rings. The van der Waals surface area contributed by atoms with Gasteiger partial charge in [-0.25, -0.2) is 0 Å². The first kappa shape index (κ1) is 13.0. The van der Waals surface area contributed by atoms with Crippen LogP contribution in [0.4, 0.5) is 0 Å². The Morgan fingerprint density at radius 2 is 2.17 bits per heavy atom. The lowest BCUT2D eigenvalue weighted by Gasteiger charge is -2.25. The minimum atomic E-state index is 0.214. The van der Waals surface area contributed by atoms with Gasteiger partial charge in [0.15, 0.2) is 0 Å². The lowest BCUT2D eigenvalue weighted by Crippen LogP contribution is -2.43. The van der Waals surface area contributed by atoms with Crippen molar-refractivity contribution < 1.29 is 0 Å². The molecule has 0 aromatic carbocycles. The number of hydrazone groups is 1. The molecule has 0 radical (unpaired) electrons. The molecule has 0 bridgehead atoms. The number of allylic oxidation sites excluding steroid dienone is 2. The van der Waals surface area contributed by atoms with Gasteiger partial charge in [0.2, 0.25) is 0 Å². The molecule has 2 aliphatic rings. The van der Waals surface area contributed by atoms with Crippen molar-refractivity contribution in [2.24, 2.45) is 16.8 Å². The number of rotatable bonds is 4. The summed E-state index contributed by atoms with van der Waals surface area (Å²) in [7, 11) is 0. The van der Waals surface area contributed by atoms with Gasteiger partial charge in [0.05, 0.1) is 12.1 Å². The molecule has 2 atom stereocenters. The van der Waals surface area contributed by atoms with E-state index in [4.69, 9.17) is 5.73 Å². The van der Waals surface area contributed by atoms with Crippen LogP contribution in [0, 0.1) is 5.92 Å². The Kier molecular flexibility index (Phi) is 4.64. The SMILES string of the molecule is CC(N/N=C(\N)C1CCNCC1)C1C=CC=CN1. The number of hydrogen-bond donors (Lipinski definition) is 4. The minimum Gasteiger partial charge on any atom is -0.385 e. The Morgan fingerprint density at radius 3 is 2.83 bits per heavy atom. The third-order valence-electron chi connectivity index (χ3n) is 3.51. The largest absolute Gasteiger partial charge is 0.385 e. The molecule has 0 saturated carbocycles. The van der Waals surface area contributed by atoms with Crippen molar-refractivity contribution in [1.29, 1.82) is 0 Å². The van der Waals surface area contributed by atoms with Crippen LogP contribution in [0.1, 0.15) is 19.8 Å². The van der Waals surface area contributed by atoms with Gasteiger partial charge in [-0.05, 0) is 45.1 Å². The number of piperidine rings is 1. The van der Waals surface area contributed by atoms with E-state index in [1.54, 1.807) is 0 Å². The smallest absolute Gasteiger partial charge is 0.122 e. The number of nitrogens with zero attached hydrogens (tertiary/aromatic N) is 1. The molecule has 0 spiro atoms. The Balaban J connectivity index is 1.81. The van der Waals surface area contributed by atoms with E-state index in [2.05, 4.69) is 34.2 Å². The fraction of sp³-hybridized carbons (Fsp3) is 0.615. The molecule has 5 heteroatoms. The standard InChI is InChI=1S/C13H23N5/c1-10(12-4-2-3-7-16-12)17-18-13(14)11-5-8-15-9-6-11/h2-4,7,10-12,15-17H,5-6,8-9H2,1H3,(H2,14,18). The predicted octanol–water partition coefficient (Wildman–Crippen LogP) is 0.278. The molecule has 5 nitrogen and oxygen atoms in total. The zero-order chi connectivity index (χ0) is 12.8. The van der Waals surface area contributed by atoms with Gasteiger partial charge in [0.1, 0.15) is 5.84 Å². The zero-order valence-electron chi connectivity index (χ0n) is 10.9. The monoisotopic (exact) mass is 249 g/mol. The summed E-state index contributed by atoms with van der Waals surface area (Å²) >= 11 is 0. The summed E-state index contributed by atoms with van der Waals surface area (Å²) in [6, 6.07) is 0.478.